The lowest BCUT2D eigenvalue weighted by molar-refractivity contribution is -0.384. The van der Waals surface area contributed by atoms with Gasteiger partial charge in [0.1, 0.15) is 5.75 Å². The number of carbonyl (C=O) groups excluding carboxylic acids is 2. The predicted molar refractivity (Wildman–Crippen MR) is 91.4 cm³/mol. The van der Waals surface area contributed by atoms with E-state index in [1.807, 2.05) is 30.3 Å². The summed E-state index contributed by atoms with van der Waals surface area (Å²) in [6.07, 6.45) is 0.583. The Kier molecular flexibility index (Phi) is 6.05. The van der Waals surface area contributed by atoms with Crippen LogP contribution in [-0.2, 0) is 16.0 Å². The van der Waals surface area contributed by atoms with Crippen molar-refractivity contribution in [1.82, 2.24) is 5.32 Å². The molecule has 0 saturated carbocycles. The lowest BCUT2D eigenvalue weighted by atomic mass is 10.1. The second-order valence-electron chi connectivity index (χ2n) is 5.09. The number of carbonyl (C=O) groups is 2. The van der Waals surface area contributed by atoms with Crippen LogP contribution in [0, 0.1) is 10.1 Å². The molecule has 0 aliphatic rings. The average Bonchev–Trinajstić information content (AvgIpc) is 2.62. The smallest absolute Gasteiger partial charge is 0.313 e. The van der Waals surface area contributed by atoms with Gasteiger partial charge in [-0.1, -0.05) is 30.3 Å². The molecule has 0 aliphatic heterocycles. The van der Waals surface area contributed by atoms with E-state index in [-0.39, 0.29) is 17.1 Å². The largest absolute Gasteiger partial charge is 0.495 e. The van der Waals surface area contributed by atoms with Crippen LogP contribution in [0.25, 0.3) is 0 Å². The summed E-state index contributed by atoms with van der Waals surface area (Å²) in [5.74, 6) is -1.53. The molecular weight excluding hydrogens is 326 g/mol. The molecule has 130 valence electrons. The molecule has 8 heteroatoms. The highest BCUT2D eigenvalue weighted by atomic mass is 16.6. The van der Waals surface area contributed by atoms with Crippen LogP contribution in [0.1, 0.15) is 5.56 Å². The molecule has 0 spiro atoms. The number of benzene rings is 2. The van der Waals surface area contributed by atoms with Crippen LogP contribution in [0.3, 0.4) is 0 Å². The Bertz CT molecular complexity index is 777. The number of rotatable bonds is 6. The molecule has 0 bridgehead atoms. The molecular formula is C17H17N3O5. The summed E-state index contributed by atoms with van der Waals surface area (Å²) in [5.41, 5.74) is 0.865. The molecule has 2 aromatic rings. The van der Waals surface area contributed by atoms with E-state index >= 15 is 0 Å². The standard InChI is InChI=1S/C17H17N3O5/c1-25-15-8-7-13(20(23)24)11-14(15)19-17(22)16(21)18-10-9-12-5-3-2-4-6-12/h2-8,11H,9-10H2,1H3,(H,18,21)(H,19,22). The molecule has 0 heterocycles. The van der Waals surface area contributed by atoms with E-state index in [9.17, 15) is 19.7 Å². The Labute approximate surface area is 144 Å². The first-order valence-electron chi connectivity index (χ1n) is 7.47. The third-order valence-electron chi connectivity index (χ3n) is 3.39. The first-order valence-corrected chi connectivity index (χ1v) is 7.47. The van der Waals surface area contributed by atoms with E-state index < -0.39 is 16.7 Å². The SMILES string of the molecule is COc1ccc([N+](=O)[O-])cc1NC(=O)C(=O)NCCc1ccccc1. The van der Waals surface area contributed by atoms with E-state index in [2.05, 4.69) is 10.6 Å². The lowest BCUT2D eigenvalue weighted by Crippen LogP contribution is -2.36. The maximum atomic E-state index is 12.0. The topological polar surface area (TPSA) is 111 Å². The maximum absolute atomic E-state index is 12.0. The van der Waals surface area contributed by atoms with Gasteiger partial charge in [-0.15, -0.1) is 0 Å². The van der Waals surface area contributed by atoms with Gasteiger partial charge in [-0.05, 0) is 18.1 Å². The summed E-state index contributed by atoms with van der Waals surface area (Å²) >= 11 is 0. The van der Waals surface area contributed by atoms with Crippen molar-refractivity contribution in [3.63, 3.8) is 0 Å². The Morgan fingerprint density at radius 2 is 1.84 bits per heavy atom. The molecule has 0 aliphatic carbocycles. The molecule has 2 amide bonds. The second-order valence-corrected chi connectivity index (χ2v) is 5.09. The highest BCUT2D eigenvalue weighted by molar-refractivity contribution is 6.39. The lowest BCUT2D eigenvalue weighted by Gasteiger charge is -2.10. The normalized spacial score (nSPS) is 9.96. The van der Waals surface area contributed by atoms with Crippen LogP contribution in [0.5, 0.6) is 5.75 Å². The van der Waals surface area contributed by atoms with Crippen LogP contribution < -0.4 is 15.4 Å². The van der Waals surface area contributed by atoms with Gasteiger partial charge in [0.05, 0.1) is 17.7 Å². The Morgan fingerprint density at radius 1 is 1.12 bits per heavy atom. The van der Waals surface area contributed by atoms with Crippen LogP contribution in [0.15, 0.2) is 48.5 Å². The quantitative estimate of drug-likeness (QED) is 0.473. The minimum atomic E-state index is -0.924. The van der Waals surface area contributed by atoms with Crippen molar-refractivity contribution in [2.24, 2.45) is 0 Å². The van der Waals surface area contributed by atoms with Gasteiger partial charge in [0.25, 0.3) is 5.69 Å². The molecule has 0 fully saturated rings. The molecule has 2 N–H and O–H groups in total. The number of non-ortho nitro benzene ring substituents is 1. The molecule has 8 nitrogen and oxygen atoms in total. The molecule has 0 atom stereocenters. The third kappa shape index (κ3) is 5.03. The van der Waals surface area contributed by atoms with Crippen LogP contribution in [-0.4, -0.2) is 30.4 Å². The van der Waals surface area contributed by atoms with Gasteiger partial charge in [-0.25, -0.2) is 0 Å². The highest BCUT2D eigenvalue weighted by Crippen LogP contribution is 2.28. The van der Waals surface area contributed by atoms with Crippen LogP contribution in [0.4, 0.5) is 11.4 Å². The number of methoxy groups -OCH3 is 1. The fourth-order valence-corrected chi connectivity index (χ4v) is 2.13. The van der Waals surface area contributed by atoms with E-state index in [1.54, 1.807) is 0 Å². The average molecular weight is 343 g/mol. The first-order chi connectivity index (χ1) is 12.0. The zero-order valence-corrected chi connectivity index (χ0v) is 13.5. The van der Waals surface area contributed by atoms with Crippen molar-refractivity contribution in [1.29, 1.82) is 0 Å². The Morgan fingerprint density at radius 3 is 2.48 bits per heavy atom. The number of nitro benzene ring substituents is 1. The monoisotopic (exact) mass is 343 g/mol. The van der Waals surface area contributed by atoms with Crippen molar-refractivity contribution in [2.45, 2.75) is 6.42 Å². The summed E-state index contributed by atoms with van der Waals surface area (Å²) in [6.45, 7) is 0.294. The van der Waals surface area contributed by atoms with Crippen molar-refractivity contribution in [2.75, 3.05) is 19.0 Å². The number of ether oxygens (including phenoxy) is 1. The number of nitro groups is 1. The molecule has 0 unspecified atom stereocenters. The van der Waals surface area contributed by atoms with Crippen LogP contribution in [0.2, 0.25) is 0 Å². The summed E-state index contributed by atoms with van der Waals surface area (Å²) < 4.78 is 5.03. The van der Waals surface area contributed by atoms with Gasteiger partial charge in [0.2, 0.25) is 0 Å². The van der Waals surface area contributed by atoms with Crippen molar-refractivity contribution < 1.29 is 19.2 Å². The Balaban J connectivity index is 1.95. The van der Waals surface area contributed by atoms with Gasteiger partial charge in [0.15, 0.2) is 0 Å². The molecule has 2 rings (SSSR count). The van der Waals surface area contributed by atoms with Crippen molar-refractivity contribution >= 4 is 23.2 Å². The fourth-order valence-electron chi connectivity index (χ4n) is 2.13. The fraction of sp³-hybridized carbons (Fsp3) is 0.176. The Hall–Kier alpha value is -3.42. The first kappa shape index (κ1) is 17.9. The zero-order valence-electron chi connectivity index (χ0n) is 13.5. The number of anilines is 1. The molecule has 25 heavy (non-hydrogen) atoms. The van der Waals surface area contributed by atoms with Crippen molar-refractivity contribution in [3.8, 4) is 5.75 Å². The minimum Gasteiger partial charge on any atom is -0.495 e. The summed E-state index contributed by atoms with van der Waals surface area (Å²) in [6, 6.07) is 13.2. The summed E-state index contributed by atoms with van der Waals surface area (Å²) in [5, 5.41) is 15.6. The number of hydrogen-bond acceptors (Lipinski definition) is 5. The van der Waals surface area contributed by atoms with E-state index in [1.165, 1.54) is 19.2 Å². The van der Waals surface area contributed by atoms with Gasteiger partial charge >= 0.3 is 11.8 Å². The summed E-state index contributed by atoms with van der Waals surface area (Å²) in [4.78, 5) is 34.0. The predicted octanol–water partition coefficient (Wildman–Crippen LogP) is 1.90. The maximum Gasteiger partial charge on any atom is 0.313 e. The minimum absolute atomic E-state index is 0.0555. The second kappa shape index (κ2) is 8.44. The summed E-state index contributed by atoms with van der Waals surface area (Å²) in [7, 11) is 1.36. The number of nitrogens with one attached hydrogen (secondary N) is 2. The van der Waals surface area contributed by atoms with E-state index in [0.29, 0.717) is 13.0 Å². The zero-order chi connectivity index (χ0) is 18.2. The van der Waals surface area contributed by atoms with E-state index in [4.69, 9.17) is 4.74 Å². The van der Waals surface area contributed by atoms with Gasteiger partial charge in [-0.3, -0.25) is 19.7 Å². The highest BCUT2D eigenvalue weighted by Gasteiger charge is 2.18. The molecule has 0 aromatic heterocycles. The number of nitrogens with zero attached hydrogens (tertiary/aromatic N) is 1. The molecule has 0 saturated heterocycles. The van der Waals surface area contributed by atoms with Gasteiger partial charge in [-0.2, -0.15) is 0 Å². The van der Waals surface area contributed by atoms with Crippen LogP contribution >= 0.6 is 0 Å². The molecule has 0 radical (unpaired) electrons. The van der Waals surface area contributed by atoms with E-state index in [0.717, 1.165) is 11.6 Å². The molecule has 2 aromatic carbocycles. The van der Waals surface area contributed by atoms with Gasteiger partial charge < -0.3 is 15.4 Å². The van der Waals surface area contributed by atoms with Crippen molar-refractivity contribution in [3.05, 3.63) is 64.2 Å². The van der Waals surface area contributed by atoms with Gasteiger partial charge in [0, 0.05) is 18.7 Å². The third-order valence-corrected chi connectivity index (χ3v) is 3.39. The number of hydrogen-bond donors (Lipinski definition) is 2. The number of amides is 2.